The summed E-state index contributed by atoms with van der Waals surface area (Å²) in [5, 5.41) is 3.23. The number of aromatic nitrogens is 2. The fourth-order valence-corrected chi connectivity index (χ4v) is 3.66. The number of hydrogen-bond acceptors (Lipinski definition) is 6. The first-order chi connectivity index (χ1) is 14.9. The van der Waals surface area contributed by atoms with E-state index in [0.717, 1.165) is 0 Å². The van der Waals surface area contributed by atoms with Gasteiger partial charge in [-0.15, -0.1) is 0 Å². The highest BCUT2D eigenvalue weighted by Gasteiger charge is 2.36. The summed E-state index contributed by atoms with van der Waals surface area (Å²) in [7, 11) is 4.68. The molecule has 0 bridgehead atoms. The zero-order valence-corrected chi connectivity index (χ0v) is 17.4. The minimum atomic E-state index is -0.535. The van der Waals surface area contributed by atoms with Crippen molar-refractivity contribution in [3.05, 3.63) is 53.1 Å². The van der Waals surface area contributed by atoms with Gasteiger partial charge in [0, 0.05) is 31.8 Å². The highest BCUT2D eigenvalue weighted by molar-refractivity contribution is 6.04. The van der Waals surface area contributed by atoms with Gasteiger partial charge in [-0.3, -0.25) is 14.4 Å². The van der Waals surface area contributed by atoms with Crippen molar-refractivity contribution in [3.63, 3.8) is 0 Å². The van der Waals surface area contributed by atoms with Gasteiger partial charge in [-0.25, -0.2) is 4.98 Å². The van der Waals surface area contributed by atoms with Gasteiger partial charge in [-0.05, 0) is 30.3 Å². The molecule has 1 aliphatic rings. The number of hydrogen-bond donors (Lipinski definition) is 1. The fraction of sp³-hybridized carbons (Fsp3) is 0.273. The molecule has 0 spiro atoms. The lowest BCUT2D eigenvalue weighted by molar-refractivity contribution is -0.122. The number of anilines is 2. The highest BCUT2D eigenvalue weighted by Crippen LogP contribution is 2.36. The molecule has 9 heteroatoms. The molecule has 2 heterocycles. The molecule has 0 unspecified atom stereocenters. The molecule has 31 heavy (non-hydrogen) atoms. The second kappa shape index (κ2) is 8.10. The lowest BCUT2D eigenvalue weighted by atomic mass is 10.1. The van der Waals surface area contributed by atoms with E-state index in [1.807, 2.05) is 0 Å². The summed E-state index contributed by atoms with van der Waals surface area (Å²) in [5.74, 6) is 0.112. The molecule has 160 valence electrons. The summed E-state index contributed by atoms with van der Waals surface area (Å²) >= 11 is 0. The number of carbonyl (C=O) groups is 2. The summed E-state index contributed by atoms with van der Waals surface area (Å²) in [4.78, 5) is 43.5. The van der Waals surface area contributed by atoms with Crippen molar-refractivity contribution in [2.45, 2.75) is 6.42 Å². The molecule has 9 nitrogen and oxygen atoms in total. The van der Waals surface area contributed by atoms with Gasteiger partial charge < -0.3 is 24.3 Å². The van der Waals surface area contributed by atoms with Crippen LogP contribution in [0, 0.1) is 5.92 Å². The Kier molecular flexibility index (Phi) is 5.33. The third kappa shape index (κ3) is 3.81. The van der Waals surface area contributed by atoms with Crippen LogP contribution in [0.15, 0.2) is 47.5 Å². The molecule has 1 aromatic heterocycles. The van der Waals surface area contributed by atoms with Crippen LogP contribution in [0.4, 0.5) is 11.4 Å². The second-order valence-corrected chi connectivity index (χ2v) is 7.32. The SMILES string of the molecule is COc1ccc(N2C[C@@H](C(=O)Nc3ccc4ncn(C)c(=O)c4c3)CC2=O)c(OC)c1. The number of fused-ring (bicyclic) bond motifs is 1. The molecule has 2 amide bonds. The van der Waals surface area contributed by atoms with E-state index in [4.69, 9.17) is 9.47 Å². The minimum Gasteiger partial charge on any atom is -0.497 e. The van der Waals surface area contributed by atoms with Crippen molar-refractivity contribution >= 4 is 34.1 Å². The summed E-state index contributed by atoms with van der Waals surface area (Å²) in [6, 6.07) is 10.1. The van der Waals surface area contributed by atoms with Crippen LogP contribution in [-0.4, -0.2) is 42.1 Å². The number of rotatable bonds is 5. The van der Waals surface area contributed by atoms with Crippen LogP contribution >= 0.6 is 0 Å². The number of amides is 2. The molecule has 1 saturated heterocycles. The van der Waals surface area contributed by atoms with E-state index in [2.05, 4.69) is 10.3 Å². The lowest BCUT2D eigenvalue weighted by Crippen LogP contribution is -2.28. The van der Waals surface area contributed by atoms with Gasteiger partial charge in [0.2, 0.25) is 11.8 Å². The number of aryl methyl sites for hydroxylation is 1. The Morgan fingerprint density at radius 3 is 2.68 bits per heavy atom. The van der Waals surface area contributed by atoms with Crippen LogP contribution in [0.1, 0.15) is 6.42 Å². The normalized spacial score (nSPS) is 15.9. The van der Waals surface area contributed by atoms with E-state index in [9.17, 15) is 14.4 Å². The van der Waals surface area contributed by atoms with Gasteiger partial charge in [0.15, 0.2) is 0 Å². The molecule has 1 aliphatic heterocycles. The van der Waals surface area contributed by atoms with Crippen LogP contribution < -0.4 is 25.2 Å². The Hall–Kier alpha value is -3.88. The highest BCUT2D eigenvalue weighted by atomic mass is 16.5. The molecule has 0 radical (unpaired) electrons. The predicted octanol–water partition coefficient (Wildman–Crippen LogP) is 1.94. The van der Waals surface area contributed by atoms with Gasteiger partial charge in [-0.1, -0.05) is 0 Å². The molecule has 1 N–H and O–H groups in total. The third-order valence-corrected chi connectivity index (χ3v) is 5.36. The number of nitrogens with zero attached hydrogens (tertiary/aromatic N) is 3. The number of carbonyl (C=O) groups excluding carboxylic acids is 2. The van der Waals surface area contributed by atoms with Crippen molar-refractivity contribution in [3.8, 4) is 11.5 Å². The van der Waals surface area contributed by atoms with E-state index in [0.29, 0.717) is 33.8 Å². The number of nitrogens with one attached hydrogen (secondary N) is 1. The maximum absolute atomic E-state index is 12.8. The van der Waals surface area contributed by atoms with Crippen LogP contribution in [0.3, 0.4) is 0 Å². The lowest BCUT2D eigenvalue weighted by Gasteiger charge is -2.20. The maximum atomic E-state index is 12.8. The average Bonchev–Trinajstić information content (AvgIpc) is 3.17. The molecule has 0 saturated carbocycles. The molecule has 1 fully saturated rings. The molecule has 1 atom stereocenters. The van der Waals surface area contributed by atoms with Crippen molar-refractivity contribution in [2.75, 3.05) is 31.0 Å². The monoisotopic (exact) mass is 422 g/mol. The number of ether oxygens (including phenoxy) is 2. The number of benzene rings is 2. The predicted molar refractivity (Wildman–Crippen MR) is 116 cm³/mol. The summed E-state index contributed by atoms with van der Waals surface area (Å²) < 4.78 is 12.0. The first kappa shape index (κ1) is 20.4. The van der Waals surface area contributed by atoms with E-state index in [-0.39, 0.29) is 30.3 Å². The van der Waals surface area contributed by atoms with Crippen LogP contribution in [0.5, 0.6) is 11.5 Å². The standard InChI is InChI=1S/C22H22N4O5/c1-25-12-23-17-6-4-14(9-16(17)22(25)29)24-21(28)13-8-20(27)26(11-13)18-7-5-15(30-2)10-19(18)31-3/h4-7,9-10,12-13H,8,11H2,1-3H3,(H,24,28)/t13-/m0/s1. The quantitative estimate of drug-likeness (QED) is 0.674. The smallest absolute Gasteiger partial charge is 0.260 e. The van der Waals surface area contributed by atoms with Gasteiger partial charge in [0.05, 0.1) is 43.1 Å². The van der Waals surface area contributed by atoms with Crippen molar-refractivity contribution in [1.82, 2.24) is 9.55 Å². The molecule has 4 rings (SSSR count). The average molecular weight is 422 g/mol. The van der Waals surface area contributed by atoms with E-state index in [1.54, 1.807) is 55.5 Å². The number of methoxy groups -OCH3 is 2. The summed E-state index contributed by atoms with van der Waals surface area (Å²) in [5.41, 5.74) is 1.42. The van der Waals surface area contributed by atoms with Crippen molar-refractivity contribution in [2.24, 2.45) is 13.0 Å². The molecular weight excluding hydrogens is 400 g/mol. The van der Waals surface area contributed by atoms with E-state index in [1.165, 1.54) is 18.0 Å². The Balaban J connectivity index is 1.53. The Bertz CT molecular complexity index is 1240. The van der Waals surface area contributed by atoms with Crippen molar-refractivity contribution < 1.29 is 19.1 Å². The maximum Gasteiger partial charge on any atom is 0.260 e. The van der Waals surface area contributed by atoms with Crippen molar-refractivity contribution in [1.29, 1.82) is 0 Å². The van der Waals surface area contributed by atoms with E-state index >= 15 is 0 Å². The molecule has 0 aliphatic carbocycles. The van der Waals surface area contributed by atoms with Gasteiger partial charge in [0.25, 0.3) is 5.56 Å². The topological polar surface area (TPSA) is 103 Å². The first-order valence-corrected chi connectivity index (χ1v) is 9.70. The van der Waals surface area contributed by atoms with Gasteiger partial charge in [-0.2, -0.15) is 0 Å². The Morgan fingerprint density at radius 1 is 1.13 bits per heavy atom. The van der Waals surface area contributed by atoms with Crippen LogP contribution in [0.25, 0.3) is 10.9 Å². The largest absolute Gasteiger partial charge is 0.497 e. The van der Waals surface area contributed by atoms with Gasteiger partial charge in [0.1, 0.15) is 11.5 Å². The molecule has 3 aromatic rings. The Morgan fingerprint density at radius 2 is 1.94 bits per heavy atom. The summed E-state index contributed by atoms with van der Waals surface area (Å²) in [6.07, 6.45) is 1.53. The Labute approximate surface area is 178 Å². The van der Waals surface area contributed by atoms with E-state index < -0.39 is 5.92 Å². The summed E-state index contributed by atoms with van der Waals surface area (Å²) in [6.45, 7) is 0.226. The fourth-order valence-electron chi connectivity index (χ4n) is 3.66. The van der Waals surface area contributed by atoms with Gasteiger partial charge >= 0.3 is 0 Å². The third-order valence-electron chi connectivity index (χ3n) is 5.36. The zero-order valence-electron chi connectivity index (χ0n) is 17.4. The second-order valence-electron chi connectivity index (χ2n) is 7.32. The zero-order chi connectivity index (χ0) is 22.1. The molecule has 2 aromatic carbocycles. The van der Waals surface area contributed by atoms with Crippen LogP contribution in [0.2, 0.25) is 0 Å². The minimum absolute atomic E-state index is 0.0813. The van der Waals surface area contributed by atoms with Crippen LogP contribution in [-0.2, 0) is 16.6 Å². The first-order valence-electron chi connectivity index (χ1n) is 9.70. The molecular formula is C22H22N4O5.